The Balaban J connectivity index is 2.61. The van der Waals surface area contributed by atoms with Gasteiger partial charge in [0.15, 0.2) is 0 Å². The highest BCUT2D eigenvalue weighted by Gasteiger charge is 2.22. The molecule has 0 heterocycles. The highest BCUT2D eigenvalue weighted by Crippen LogP contribution is 2.14. The van der Waals surface area contributed by atoms with Crippen molar-refractivity contribution in [2.75, 3.05) is 13.1 Å². The SMILES string of the molecule is CCN[C@H](C)CNC(=O)C(C)NS(=O)(=O)c1ccc(Cl)cc1. The van der Waals surface area contributed by atoms with Crippen LogP contribution in [0.25, 0.3) is 0 Å². The Morgan fingerprint density at radius 1 is 1.23 bits per heavy atom. The topological polar surface area (TPSA) is 87.3 Å². The van der Waals surface area contributed by atoms with Crippen LogP contribution in [0.4, 0.5) is 0 Å². The second-order valence-corrected chi connectivity index (χ2v) is 7.15. The summed E-state index contributed by atoms with van der Waals surface area (Å²) in [6.07, 6.45) is 0. The van der Waals surface area contributed by atoms with Gasteiger partial charge in [0.25, 0.3) is 0 Å². The molecule has 0 aromatic heterocycles. The van der Waals surface area contributed by atoms with Gasteiger partial charge < -0.3 is 10.6 Å². The number of rotatable bonds is 8. The van der Waals surface area contributed by atoms with Crippen LogP contribution in [-0.2, 0) is 14.8 Å². The zero-order valence-electron chi connectivity index (χ0n) is 12.9. The first-order chi connectivity index (χ1) is 10.3. The lowest BCUT2D eigenvalue weighted by molar-refractivity contribution is -0.122. The van der Waals surface area contributed by atoms with Crippen molar-refractivity contribution in [3.8, 4) is 0 Å². The number of benzene rings is 1. The summed E-state index contributed by atoms with van der Waals surface area (Å²) in [6.45, 7) is 6.64. The number of hydrogen-bond acceptors (Lipinski definition) is 4. The van der Waals surface area contributed by atoms with Crippen LogP contribution >= 0.6 is 11.6 Å². The van der Waals surface area contributed by atoms with E-state index in [2.05, 4.69) is 15.4 Å². The summed E-state index contributed by atoms with van der Waals surface area (Å²) in [6, 6.07) is 5.01. The van der Waals surface area contributed by atoms with E-state index >= 15 is 0 Å². The average Bonchev–Trinajstić information content (AvgIpc) is 2.45. The van der Waals surface area contributed by atoms with Crippen LogP contribution in [0, 0.1) is 0 Å². The Hall–Kier alpha value is -1.15. The molecule has 0 aliphatic rings. The van der Waals surface area contributed by atoms with Gasteiger partial charge >= 0.3 is 0 Å². The quantitative estimate of drug-likeness (QED) is 0.657. The van der Waals surface area contributed by atoms with Crippen LogP contribution in [0.3, 0.4) is 0 Å². The van der Waals surface area contributed by atoms with Crippen LogP contribution < -0.4 is 15.4 Å². The molecule has 0 fully saturated rings. The lowest BCUT2D eigenvalue weighted by atomic mass is 10.3. The molecule has 1 aromatic carbocycles. The molecule has 1 unspecified atom stereocenters. The first kappa shape index (κ1) is 18.9. The largest absolute Gasteiger partial charge is 0.353 e. The maximum absolute atomic E-state index is 12.2. The van der Waals surface area contributed by atoms with Crippen molar-refractivity contribution >= 4 is 27.5 Å². The Labute approximate surface area is 136 Å². The maximum atomic E-state index is 12.2. The Morgan fingerprint density at radius 3 is 2.36 bits per heavy atom. The molecular formula is C14H22ClN3O3S. The van der Waals surface area contributed by atoms with Gasteiger partial charge in [0.05, 0.1) is 10.9 Å². The fourth-order valence-electron chi connectivity index (χ4n) is 1.80. The van der Waals surface area contributed by atoms with E-state index in [0.29, 0.717) is 11.6 Å². The molecule has 8 heteroatoms. The van der Waals surface area contributed by atoms with E-state index in [1.807, 2.05) is 13.8 Å². The van der Waals surface area contributed by atoms with E-state index < -0.39 is 16.1 Å². The van der Waals surface area contributed by atoms with Gasteiger partial charge in [-0.3, -0.25) is 4.79 Å². The van der Waals surface area contributed by atoms with Gasteiger partial charge in [-0.2, -0.15) is 4.72 Å². The van der Waals surface area contributed by atoms with Gasteiger partial charge in [-0.05, 0) is 44.7 Å². The monoisotopic (exact) mass is 347 g/mol. The molecule has 6 nitrogen and oxygen atoms in total. The molecule has 22 heavy (non-hydrogen) atoms. The molecule has 1 aromatic rings. The van der Waals surface area contributed by atoms with Crippen LogP contribution in [0.1, 0.15) is 20.8 Å². The molecule has 2 atom stereocenters. The van der Waals surface area contributed by atoms with Crippen LogP contribution in [-0.4, -0.2) is 39.5 Å². The van der Waals surface area contributed by atoms with Crippen molar-refractivity contribution in [1.82, 2.24) is 15.4 Å². The van der Waals surface area contributed by atoms with Gasteiger partial charge in [0.1, 0.15) is 0 Å². The summed E-state index contributed by atoms with van der Waals surface area (Å²) < 4.78 is 26.6. The smallest absolute Gasteiger partial charge is 0.241 e. The van der Waals surface area contributed by atoms with Crippen LogP contribution in [0.5, 0.6) is 0 Å². The van der Waals surface area contributed by atoms with E-state index in [0.717, 1.165) is 6.54 Å². The fraction of sp³-hybridized carbons (Fsp3) is 0.500. The predicted octanol–water partition coefficient (Wildman–Crippen LogP) is 1.12. The van der Waals surface area contributed by atoms with Crippen molar-refractivity contribution < 1.29 is 13.2 Å². The molecule has 1 rings (SSSR count). The normalized spacial score (nSPS) is 14.4. The molecule has 0 bridgehead atoms. The molecule has 0 saturated carbocycles. The van der Waals surface area contributed by atoms with Crippen molar-refractivity contribution in [3.63, 3.8) is 0 Å². The number of carbonyl (C=O) groups excluding carboxylic acids is 1. The molecule has 124 valence electrons. The minimum Gasteiger partial charge on any atom is -0.353 e. The molecule has 0 saturated heterocycles. The maximum Gasteiger partial charge on any atom is 0.241 e. The predicted molar refractivity (Wildman–Crippen MR) is 87.4 cm³/mol. The third-order valence-electron chi connectivity index (χ3n) is 2.98. The van der Waals surface area contributed by atoms with E-state index in [4.69, 9.17) is 11.6 Å². The van der Waals surface area contributed by atoms with E-state index in [1.165, 1.54) is 31.2 Å². The second-order valence-electron chi connectivity index (χ2n) is 5.00. The number of carbonyl (C=O) groups is 1. The average molecular weight is 348 g/mol. The van der Waals surface area contributed by atoms with Crippen molar-refractivity contribution in [1.29, 1.82) is 0 Å². The van der Waals surface area contributed by atoms with Crippen LogP contribution in [0.15, 0.2) is 29.2 Å². The number of halogens is 1. The van der Waals surface area contributed by atoms with Crippen molar-refractivity contribution in [2.24, 2.45) is 0 Å². The van der Waals surface area contributed by atoms with Gasteiger partial charge in [-0.25, -0.2) is 8.42 Å². The highest BCUT2D eigenvalue weighted by atomic mass is 35.5. The third-order valence-corrected chi connectivity index (χ3v) is 4.79. The standard InChI is InChI=1S/C14H22ClN3O3S/c1-4-16-10(2)9-17-14(19)11(3)18-22(20,21)13-7-5-12(15)6-8-13/h5-8,10-11,16,18H,4,9H2,1-3H3,(H,17,19)/t10-,11?/m1/s1. The third kappa shape index (κ3) is 5.92. The Bertz CT molecular complexity index is 590. The Kier molecular flexibility index (Phi) is 7.28. The van der Waals surface area contributed by atoms with Gasteiger partial charge in [0.2, 0.25) is 15.9 Å². The van der Waals surface area contributed by atoms with Gasteiger partial charge in [0, 0.05) is 17.6 Å². The lowest BCUT2D eigenvalue weighted by Gasteiger charge is -2.17. The minimum atomic E-state index is -3.76. The molecule has 0 aliphatic heterocycles. The fourth-order valence-corrected chi connectivity index (χ4v) is 3.12. The zero-order valence-corrected chi connectivity index (χ0v) is 14.5. The summed E-state index contributed by atoms with van der Waals surface area (Å²) >= 11 is 5.73. The van der Waals surface area contributed by atoms with E-state index in [-0.39, 0.29) is 16.8 Å². The molecule has 3 N–H and O–H groups in total. The van der Waals surface area contributed by atoms with E-state index in [1.54, 1.807) is 0 Å². The minimum absolute atomic E-state index is 0.0672. The number of likely N-dealkylation sites (N-methyl/N-ethyl adjacent to an activating group) is 1. The van der Waals surface area contributed by atoms with Crippen molar-refractivity contribution in [3.05, 3.63) is 29.3 Å². The summed E-state index contributed by atoms with van der Waals surface area (Å²) in [5, 5.41) is 6.30. The molecule has 0 spiro atoms. The lowest BCUT2D eigenvalue weighted by Crippen LogP contribution is -2.48. The summed E-state index contributed by atoms with van der Waals surface area (Å²) in [7, 11) is -3.76. The first-order valence-electron chi connectivity index (χ1n) is 7.05. The molecule has 0 radical (unpaired) electrons. The van der Waals surface area contributed by atoms with Crippen LogP contribution in [0.2, 0.25) is 5.02 Å². The van der Waals surface area contributed by atoms with Crippen molar-refractivity contribution in [2.45, 2.75) is 37.8 Å². The zero-order chi connectivity index (χ0) is 16.8. The summed E-state index contributed by atoms with van der Waals surface area (Å²) in [5.41, 5.74) is 0. The highest BCUT2D eigenvalue weighted by molar-refractivity contribution is 7.89. The molecular weight excluding hydrogens is 326 g/mol. The second kappa shape index (κ2) is 8.47. The number of amides is 1. The van der Waals surface area contributed by atoms with E-state index in [9.17, 15) is 13.2 Å². The number of hydrogen-bond donors (Lipinski definition) is 3. The summed E-state index contributed by atoms with van der Waals surface area (Å²) in [4.78, 5) is 12.0. The molecule has 1 amide bonds. The first-order valence-corrected chi connectivity index (χ1v) is 8.91. The van der Waals surface area contributed by atoms with Gasteiger partial charge in [-0.15, -0.1) is 0 Å². The van der Waals surface area contributed by atoms with Gasteiger partial charge in [-0.1, -0.05) is 18.5 Å². The number of nitrogens with one attached hydrogen (secondary N) is 3. The number of sulfonamides is 1. The Morgan fingerprint density at radius 2 is 1.82 bits per heavy atom. The summed E-state index contributed by atoms with van der Waals surface area (Å²) in [5.74, 6) is -0.373. The molecule has 0 aliphatic carbocycles.